The van der Waals surface area contributed by atoms with Crippen LogP contribution in [0.25, 0.3) is 0 Å². The van der Waals surface area contributed by atoms with Crippen LogP contribution in [0.3, 0.4) is 0 Å². The average Bonchev–Trinajstić information content (AvgIpc) is 3.31. The molecule has 0 spiro atoms. The van der Waals surface area contributed by atoms with Gasteiger partial charge in [-0.1, -0.05) is 0 Å². The first kappa shape index (κ1) is 14.2. The van der Waals surface area contributed by atoms with Crippen LogP contribution >= 0.6 is 0 Å². The van der Waals surface area contributed by atoms with E-state index in [1.54, 1.807) is 18.5 Å². The SMILES string of the molecule is Cc1cncc(NC(=O)c2ccnc(C(=O)NC3CC3)c2)c1. The van der Waals surface area contributed by atoms with Gasteiger partial charge in [-0.3, -0.25) is 19.6 Å². The van der Waals surface area contributed by atoms with E-state index in [-0.39, 0.29) is 23.6 Å². The lowest BCUT2D eigenvalue weighted by molar-refractivity contribution is 0.0946. The summed E-state index contributed by atoms with van der Waals surface area (Å²) in [6.07, 6.45) is 6.76. The molecule has 0 bridgehead atoms. The number of nitrogens with zero attached hydrogens (tertiary/aromatic N) is 2. The molecule has 22 heavy (non-hydrogen) atoms. The van der Waals surface area contributed by atoms with Gasteiger partial charge in [-0.2, -0.15) is 0 Å². The first-order valence-electron chi connectivity index (χ1n) is 7.12. The first-order chi connectivity index (χ1) is 10.6. The van der Waals surface area contributed by atoms with Crippen LogP contribution in [0, 0.1) is 6.92 Å². The number of nitrogens with one attached hydrogen (secondary N) is 2. The van der Waals surface area contributed by atoms with Crippen molar-refractivity contribution in [3.05, 3.63) is 53.6 Å². The number of anilines is 1. The van der Waals surface area contributed by atoms with Crippen molar-refractivity contribution in [3.63, 3.8) is 0 Å². The quantitative estimate of drug-likeness (QED) is 0.903. The van der Waals surface area contributed by atoms with E-state index in [4.69, 9.17) is 0 Å². The van der Waals surface area contributed by atoms with E-state index in [0.29, 0.717) is 11.3 Å². The lowest BCUT2D eigenvalue weighted by Crippen LogP contribution is -2.26. The van der Waals surface area contributed by atoms with E-state index in [1.165, 1.54) is 12.3 Å². The number of pyridine rings is 2. The molecule has 112 valence electrons. The third kappa shape index (κ3) is 3.46. The van der Waals surface area contributed by atoms with Crippen LogP contribution in [0.2, 0.25) is 0 Å². The molecule has 1 aliphatic carbocycles. The van der Waals surface area contributed by atoms with Gasteiger partial charge in [-0.05, 0) is 43.5 Å². The maximum absolute atomic E-state index is 12.2. The first-order valence-corrected chi connectivity index (χ1v) is 7.12. The highest BCUT2D eigenvalue weighted by Gasteiger charge is 2.24. The Hall–Kier alpha value is -2.76. The van der Waals surface area contributed by atoms with Crippen molar-refractivity contribution in [1.82, 2.24) is 15.3 Å². The molecule has 0 aliphatic heterocycles. The molecule has 6 nitrogen and oxygen atoms in total. The van der Waals surface area contributed by atoms with Crippen molar-refractivity contribution in [2.45, 2.75) is 25.8 Å². The highest BCUT2D eigenvalue weighted by Crippen LogP contribution is 2.19. The maximum Gasteiger partial charge on any atom is 0.270 e. The Morgan fingerprint density at radius 3 is 2.73 bits per heavy atom. The summed E-state index contributed by atoms with van der Waals surface area (Å²) in [4.78, 5) is 32.2. The van der Waals surface area contributed by atoms with Gasteiger partial charge in [0, 0.05) is 24.0 Å². The van der Waals surface area contributed by atoms with Gasteiger partial charge < -0.3 is 10.6 Å². The molecular weight excluding hydrogens is 280 g/mol. The van der Waals surface area contributed by atoms with Crippen LogP contribution in [-0.2, 0) is 0 Å². The zero-order valence-electron chi connectivity index (χ0n) is 12.2. The number of carbonyl (C=O) groups excluding carboxylic acids is 2. The second kappa shape index (κ2) is 5.93. The van der Waals surface area contributed by atoms with Crippen molar-refractivity contribution in [2.75, 3.05) is 5.32 Å². The lowest BCUT2D eigenvalue weighted by atomic mass is 10.2. The van der Waals surface area contributed by atoms with Crippen LogP contribution in [0.15, 0.2) is 36.8 Å². The van der Waals surface area contributed by atoms with Gasteiger partial charge in [0.1, 0.15) is 5.69 Å². The number of aryl methyl sites for hydroxylation is 1. The third-order valence-electron chi connectivity index (χ3n) is 3.30. The monoisotopic (exact) mass is 296 g/mol. The minimum Gasteiger partial charge on any atom is -0.348 e. The molecule has 2 aromatic heterocycles. The van der Waals surface area contributed by atoms with Crippen molar-refractivity contribution in [3.8, 4) is 0 Å². The van der Waals surface area contributed by atoms with Gasteiger partial charge in [-0.25, -0.2) is 0 Å². The number of hydrogen-bond donors (Lipinski definition) is 2. The molecule has 2 amide bonds. The van der Waals surface area contributed by atoms with Crippen LogP contribution < -0.4 is 10.6 Å². The van der Waals surface area contributed by atoms with E-state index < -0.39 is 0 Å². The van der Waals surface area contributed by atoms with Crippen LogP contribution in [0.5, 0.6) is 0 Å². The fourth-order valence-electron chi connectivity index (χ4n) is 2.01. The number of rotatable bonds is 4. The van der Waals surface area contributed by atoms with Gasteiger partial charge in [0.25, 0.3) is 11.8 Å². The van der Waals surface area contributed by atoms with Crippen LogP contribution in [0.4, 0.5) is 5.69 Å². The minimum atomic E-state index is -0.296. The molecule has 0 radical (unpaired) electrons. The van der Waals surface area contributed by atoms with Crippen molar-refractivity contribution in [2.24, 2.45) is 0 Å². The number of carbonyl (C=O) groups is 2. The molecule has 6 heteroatoms. The predicted molar refractivity (Wildman–Crippen MR) is 81.7 cm³/mol. The van der Waals surface area contributed by atoms with E-state index in [0.717, 1.165) is 18.4 Å². The molecule has 0 saturated heterocycles. The third-order valence-corrected chi connectivity index (χ3v) is 3.30. The summed E-state index contributed by atoms with van der Waals surface area (Å²) in [5.41, 5.74) is 2.21. The Kier molecular flexibility index (Phi) is 3.82. The van der Waals surface area contributed by atoms with Gasteiger partial charge >= 0.3 is 0 Å². The lowest BCUT2D eigenvalue weighted by Gasteiger charge is -2.07. The standard InChI is InChI=1S/C16H16N4O2/c1-10-6-13(9-17-8-10)20-15(21)11-4-5-18-14(7-11)16(22)19-12-2-3-12/h4-9,12H,2-3H2,1H3,(H,19,22)(H,20,21). The van der Waals surface area contributed by atoms with Crippen molar-refractivity contribution in [1.29, 1.82) is 0 Å². The molecule has 0 atom stereocenters. The minimum absolute atomic E-state index is 0.241. The van der Waals surface area contributed by atoms with E-state index >= 15 is 0 Å². The van der Waals surface area contributed by atoms with Crippen LogP contribution in [-0.4, -0.2) is 27.8 Å². The second-order valence-electron chi connectivity index (χ2n) is 5.38. The zero-order chi connectivity index (χ0) is 15.5. The largest absolute Gasteiger partial charge is 0.348 e. The predicted octanol–water partition coefficient (Wildman–Crippen LogP) is 1.93. The summed E-state index contributed by atoms with van der Waals surface area (Å²) in [5, 5.41) is 5.61. The summed E-state index contributed by atoms with van der Waals surface area (Å²) < 4.78 is 0. The highest BCUT2D eigenvalue weighted by atomic mass is 16.2. The molecule has 1 aliphatic rings. The average molecular weight is 296 g/mol. The Labute approximate surface area is 128 Å². The number of aromatic nitrogens is 2. The Bertz CT molecular complexity index is 726. The second-order valence-corrected chi connectivity index (χ2v) is 5.38. The Morgan fingerprint density at radius 2 is 2.00 bits per heavy atom. The molecule has 2 heterocycles. The van der Waals surface area contributed by atoms with Gasteiger partial charge in [0.05, 0.1) is 11.9 Å². The van der Waals surface area contributed by atoms with Gasteiger partial charge in [0.15, 0.2) is 0 Å². The molecule has 2 N–H and O–H groups in total. The molecule has 3 rings (SSSR count). The normalized spacial score (nSPS) is 13.5. The maximum atomic E-state index is 12.2. The topological polar surface area (TPSA) is 84.0 Å². The molecule has 1 saturated carbocycles. The summed E-state index contributed by atoms with van der Waals surface area (Å²) in [6, 6.07) is 5.15. The summed E-state index contributed by atoms with van der Waals surface area (Å²) >= 11 is 0. The fourth-order valence-corrected chi connectivity index (χ4v) is 2.01. The molecular formula is C16H16N4O2. The van der Waals surface area contributed by atoms with E-state index in [9.17, 15) is 9.59 Å². The molecule has 0 aromatic carbocycles. The summed E-state index contributed by atoms with van der Waals surface area (Å²) in [7, 11) is 0. The van der Waals surface area contributed by atoms with Crippen molar-refractivity contribution < 1.29 is 9.59 Å². The number of amides is 2. The van der Waals surface area contributed by atoms with Gasteiger partial charge in [-0.15, -0.1) is 0 Å². The summed E-state index contributed by atoms with van der Waals surface area (Å²) in [6.45, 7) is 1.90. The Morgan fingerprint density at radius 1 is 1.18 bits per heavy atom. The van der Waals surface area contributed by atoms with Crippen molar-refractivity contribution >= 4 is 17.5 Å². The zero-order valence-corrected chi connectivity index (χ0v) is 12.2. The molecule has 1 fully saturated rings. The van der Waals surface area contributed by atoms with Crippen LogP contribution in [0.1, 0.15) is 39.3 Å². The highest BCUT2D eigenvalue weighted by molar-refractivity contribution is 6.05. The Balaban J connectivity index is 1.73. The fraction of sp³-hybridized carbons (Fsp3) is 0.250. The van der Waals surface area contributed by atoms with E-state index in [2.05, 4.69) is 20.6 Å². The summed E-state index contributed by atoms with van der Waals surface area (Å²) in [5.74, 6) is -0.537. The van der Waals surface area contributed by atoms with E-state index in [1.807, 2.05) is 13.0 Å². The number of hydrogen-bond acceptors (Lipinski definition) is 4. The van der Waals surface area contributed by atoms with Gasteiger partial charge in [0.2, 0.25) is 0 Å². The molecule has 2 aromatic rings. The molecule has 0 unspecified atom stereocenters. The smallest absolute Gasteiger partial charge is 0.270 e.